The Morgan fingerprint density at radius 1 is 0.923 bits per heavy atom. The highest BCUT2D eigenvalue weighted by atomic mass is 32.2. The number of ketones is 1. The van der Waals surface area contributed by atoms with Crippen molar-refractivity contribution in [2.75, 3.05) is 14.1 Å². The molecule has 5 heteroatoms. The van der Waals surface area contributed by atoms with Crippen molar-refractivity contribution in [1.82, 2.24) is 4.31 Å². The highest BCUT2D eigenvalue weighted by molar-refractivity contribution is 7.89. The number of carbonyl (C=O) groups excluding carboxylic acids is 1. The van der Waals surface area contributed by atoms with E-state index in [-0.39, 0.29) is 10.7 Å². The lowest BCUT2D eigenvalue weighted by Gasteiger charge is -2.11. The number of benzene rings is 3. The molecule has 0 heterocycles. The molecule has 0 unspecified atom stereocenters. The van der Waals surface area contributed by atoms with E-state index in [2.05, 4.69) is 0 Å². The lowest BCUT2D eigenvalue weighted by atomic mass is 10.0. The number of nitrogens with zero attached hydrogens (tertiary/aromatic N) is 1. The number of hydrogen-bond donors (Lipinski definition) is 0. The maximum absolute atomic E-state index is 12.5. The second-order valence-electron chi connectivity index (χ2n) is 6.08. The molecule has 0 N–H and O–H groups in total. The first-order valence-electron chi connectivity index (χ1n) is 8.12. The van der Waals surface area contributed by atoms with Crippen LogP contribution in [0.5, 0.6) is 0 Å². The van der Waals surface area contributed by atoms with E-state index in [1.54, 1.807) is 18.2 Å². The summed E-state index contributed by atoms with van der Waals surface area (Å²) in [6, 6.07) is 19.9. The van der Waals surface area contributed by atoms with Gasteiger partial charge in [0, 0.05) is 19.7 Å². The molecule has 3 aromatic rings. The Hall–Kier alpha value is -2.76. The first-order valence-corrected chi connectivity index (χ1v) is 9.56. The molecule has 0 amide bonds. The van der Waals surface area contributed by atoms with Gasteiger partial charge in [-0.2, -0.15) is 0 Å². The summed E-state index contributed by atoms with van der Waals surface area (Å²) in [6.07, 6.45) is 3.24. The fourth-order valence-electron chi connectivity index (χ4n) is 2.68. The van der Waals surface area contributed by atoms with Crippen LogP contribution in [0.1, 0.15) is 15.9 Å². The number of allylic oxidation sites excluding steroid dienone is 1. The number of fused-ring (bicyclic) bond motifs is 1. The molecule has 3 rings (SSSR count). The molecule has 4 nitrogen and oxygen atoms in total. The maximum atomic E-state index is 12.5. The van der Waals surface area contributed by atoms with Crippen LogP contribution in [-0.2, 0) is 10.0 Å². The van der Waals surface area contributed by atoms with E-state index in [1.807, 2.05) is 42.5 Å². The van der Waals surface area contributed by atoms with Crippen LogP contribution in [0.15, 0.2) is 77.7 Å². The SMILES string of the molecule is CN(C)S(=O)(=O)c1cccc(C(=O)/C=C/c2cccc3ccccc23)c1. The van der Waals surface area contributed by atoms with Crippen molar-refractivity contribution in [3.8, 4) is 0 Å². The fourth-order valence-corrected chi connectivity index (χ4v) is 3.63. The predicted molar refractivity (Wildman–Crippen MR) is 105 cm³/mol. The topological polar surface area (TPSA) is 54.5 Å². The molecule has 3 aromatic carbocycles. The van der Waals surface area contributed by atoms with Crippen LogP contribution in [-0.4, -0.2) is 32.6 Å². The van der Waals surface area contributed by atoms with Gasteiger partial charge in [0.1, 0.15) is 0 Å². The Balaban J connectivity index is 1.92. The lowest BCUT2D eigenvalue weighted by molar-refractivity contribution is 0.104. The second kappa shape index (κ2) is 7.23. The Morgan fingerprint density at radius 2 is 1.62 bits per heavy atom. The predicted octanol–water partition coefficient (Wildman–Crippen LogP) is 3.99. The monoisotopic (exact) mass is 365 g/mol. The molecule has 0 atom stereocenters. The van der Waals surface area contributed by atoms with Gasteiger partial charge < -0.3 is 0 Å². The van der Waals surface area contributed by atoms with Gasteiger partial charge in [0.15, 0.2) is 5.78 Å². The summed E-state index contributed by atoms with van der Waals surface area (Å²) in [5.41, 5.74) is 1.28. The Bertz CT molecular complexity index is 1090. The van der Waals surface area contributed by atoms with Crippen molar-refractivity contribution >= 4 is 32.7 Å². The molecule has 0 aliphatic heterocycles. The summed E-state index contributed by atoms with van der Waals surface area (Å²) >= 11 is 0. The van der Waals surface area contributed by atoms with Gasteiger partial charge in [-0.1, -0.05) is 60.7 Å². The third-order valence-corrected chi connectivity index (χ3v) is 5.95. The summed E-state index contributed by atoms with van der Waals surface area (Å²) in [7, 11) is -0.647. The number of carbonyl (C=O) groups is 1. The van der Waals surface area contributed by atoms with E-state index in [0.29, 0.717) is 5.56 Å². The minimum atomic E-state index is -3.57. The molecule has 0 fully saturated rings. The van der Waals surface area contributed by atoms with Crippen LogP contribution in [0, 0.1) is 0 Å². The maximum Gasteiger partial charge on any atom is 0.242 e. The van der Waals surface area contributed by atoms with Gasteiger partial charge in [0.2, 0.25) is 10.0 Å². The molecule has 0 aliphatic carbocycles. The minimum absolute atomic E-state index is 0.104. The first kappa shape index (κ1) is 18.0. The average molecular weight is 365 g/mol. The standard InChI is InChI=1S/C21H19NO3S/c1-22(2)26(24,25)19-11-6-10-18(15-19)21(23)14-13-17-9-5-8-16-7-3-4-12-20(16)17/h3-15H,1-2H3/b14-13+. The summed E-state index contributed by atoms with van der Waals surface area (Å²) < 4.78 is 25.6. The van der Waals surface area contributed by atoms with E-state index in [4.69, 9.17) is 0 Å². The van der Waals surface area contributed by atoms with Gasteiger partial charge in [-0.15, -0.1) is 0 Å². The van der Waals surface area contributed by atoms with E-state index in [9.17, 15) is 13.2 Å². The smallest absolute Gasteiger partial charge is 0.242 e. The van der Waals surface area contributed by atoms with Gasteiger partial charge in [0.25, 0.3) is 0 Å². The average Bonchev–Trinajstić information content (AvgIpc) is 2.66. The molecule has 0 saturated carbocycles. The van der Waals surface area contributed by atoms with Crippen LogP contribution in [0.4, 0.5) is 0 Å². The first-order chi connectivity index (χ1) is 12.4. The van der Waals surface area contributed by atoms with Crippen LogP contribution in [0.3, 0.4) is 0 Å². The molecular formula is C21H19NO3S. The van der Waals surface area contributed by atoms with Crippen molar-refractivity contribution in [2.24, 2.45) is 0 Å². The Kier molecular flexibility index (Phi) is 5.02. The fraction of sp³-hybridized carbons (Fsp3) is 0.0952. The van der Waals surface area contributed by atoms with Crippen molar-refractivity contribution in [2.45, 2.75) is 4.90 Å². The van der Waals surface area contributed by atoms with Gasteiger partial charge >= 0.3 is 0 Å². The molecule has 0 spiro atoms. The molecule has 0 aliphatic rings. The van der Waals surface area contributed by atoms with Crippen molar-refractivity contribution in [3.63, 3.8) is 0 Å². The summed E-state index contributed by atoms with van der Waals surface area (Å²) in [6.45, 7) is 0. The zero-order valence-corrected chi connectivity index (χ0v) is 15.4. The summed E-state index contributed by atoms with van der Waals surface area (Å²) in [4.78, 5) is 12.6. The van der Waals surface area contributed by atoms with E-state index in [0.717, 1.165) is 20.6 Å². The van der Waals surface area contributed by atoms with Crippen molar-refractivity contribution < 1.29 is 13.2 Å². The van der Waals surface area contributed by atoms with E-state index in [1.165, 1.54) is 32.3 Å². The molecular weight excluding hydrogens is 346 g/mol. The largest absolute Gasteiger partial charge is 0.289 e. The van der Waals surface area contributed by atoms with Crippen molar-refractivity contribution in [1.29, 1.82) is 0 Å². The van der Waals surface area contributed by atoms with Gasteiger partial charge in [0.05, 0.1) is 4.90 Å². The Labute approximate surface area is 153 Å². The highest BCUT2D eigenvalue weighted by Crippen LogP contribution is 2.20. The molecule has 0 bridgehead atoms. The van der Waals surface area contributed by atoms with Gasteiger partial charge in [-0.3, -0.25) is 4.79 Å². The lowest BCUT2D eigenvalue weighted by Crippen LogP contribution is -2.22. The van der Waals surface area contributed by atoms with Crippen LogP contribution >= 0.6 is 0 Å². The van der Waals surface area contributed by atoms with Crippen molar-refractivity contribution in [3.05, 3.63) is 83.9 Å². The number of hydrogen-bond acceptors (Lipinski definition) is 3. The second-order valence-corrected chi connectivity index (χ2v) is 8.23. The van der Waals surface area contributed by atoms with E-state index >= 15 is 0 Å². The third-order valence-electron chi connectivity index (χ3n) is 4.13. The summed E-state index contributed by atoms with van der Waals surface area (Å²) in [5, 5.41) is 2.16. The third kappa shape index (κ3) is 3.59. The summed E-state index contributed by atoms with van der Waals surface area (Å²) in [5.74, 6) is -0.242. The van der Waals surface area contributed by atoms with E-state index < -0.39 is 10.0 Å². The minimum Gasteiger partial charge on any atom is -0.289 e. The number of sulfonamides is 1. The molecule has 0 radical (unpaired) electrons. The quantitative estimate of drug-likeness (QED) is 0.507. The number of rotatable bonds is 5. The Morgan fingerprint density at radius 3 is 2.38 bits per heavy atom. The zero-order valence-electron chi connectivity index (χ0n) is 14.6. The zero-order chi connectivity index (χ0) is 18.7. The van der Waals surface area contributed by atoms with Crippen LogP contribution in [0.25, 0.3) is 16.8 Å². The molecule has 26 heavy (non-hydrogen) atoms. The molecule has 0 saturated heterocycles. The molecule has 0 aromatic heterocycles. The van der Waals surface area contributed by atoms with Gasteiger partial charge in [-0.05, 0) is 34.5 Å². The molecule has 132 valence electrons. The highest BCUT2D eigenvalue weighted by Gasteiger charge is 2.18. The van der Waals surface area contributed by atoms with Crippen LogP contribution < -0.4 is 0 Å². The van der Waals surface area contributed by atoms with Crippen LogP contribution in [0.2, 0.25) is 0 Å². The normalized spacial score (nSPS) is 12.1. The van der Waals surface area contributed by atoms with Gasteiger partial charge in [-0.25, -0.2) is 12.7 Å².